The largest absolute Gasteiger partial charge is 0.477 e. The van der Waals surface area contributed by atoms with Crippen molar-refractivity contribution in [3.8, 4) is 0 Å². The first-order valence-electron chi connectivity index (χ1n) is 5.67. The molecule has 1 rings (SSSR count). The molecular formula is C11H17NO6S2. The normalized spacial score (nSPS) is 13.3. The van der Waals surface area contributed by atoms with Crippen LogP contribution in [0, 0.1) is 6.92 Å². The molecule has 7 nitrogen and oxygen atoms in total. The lowest BCUT2D eigenvalue weighted by Gasteiger charge is -2.15. The van der Waals surface area contributed by atoms with E-state index in [1.807, 2.05) is 0 Å². The highest BCUT2D eigenvalue weighted by atomic mass is 32.2. The first-order valence-corrected chi connectivity index (χ1v) is 7.97. The van der Waals surface area contributed by atoms with Gasteiger partial charge in [-0.15, -0.1) is 11.3 Å². The van der Waals surface area contributed by atoms with Crippen molar-refractivity contribution in [3.63, 3.8) is 0 Å². The van der Waals surface area contributed by atoms with Gasteiger partial charge in [0, 0.05) is 25.6 Å². The molecule has 9 heteroatoms. The van der Waals surface area contributed by atoms with Crippen molar-refractivity contribution in [3.05, 3.63) is 15.8 Å². The van der Waals surface area contributed by atoms with E-state index in [-0.39, 0.29) is 22.9 Å². The molecule has 0 saturated heterocycles. The lowest BCUT2D eigenvalue weighted by atomic mass is 10.4. The number of thiophene rings is 1. The van der Waals surface area contributed by atoms with Crippen molar-refractivity contribution in [2.75, 3.05) is 27.4 Å². The molecule has 1 atom stereocenters. The Hall–Kier alpha value is -1.00. The SMILES string of the molecule is COCC(CNS(=O)(=O)c1cc(C(=O)O)sc1C)OC. The fraction of sp³-hybridized carbons (Fsp3) is 0.545. The number of rotatable bonds is 8. The number of carbonyl (C=O) groups is 1. The number of nitrogens with one attached hydrogen (secondary N) is 1. The van der Waals surface area contributed by atoms with Crippen LogP contribution in [0.5, 0.6) is 0 Å². The molecule has 0 aliphatic carbocycles. The molecule has 1 aromatic rings. The molecule has 0 aromatic carbocycles. The van der Waals surface area contributed by atoms with Gasteiger partial charge in [0.2, 0.25) is 10.0 Å². The molecule has 2 N–H and O–H groups in total. The molecule has 0 aliphatic rings. The second kappa shape index (κ2) is 7.14. The molecule has 0 spiro atoms. The maximum atomic E-state index is 12.1. The molecule has 1 aromatic heterocycles. The Balaban J connectivity index is 2.86. The number of hydrogen-bond acceptors (Lipinski definition) is 6. The van der Waals surface area contributed by atoms with Crippen molar-refractivity contribution in [1.29, 1.82) is 0 Å². The molecule has 0 fully saturated rings. The molecule has 0 aliphatic heterocycles. The zero-order valence-electron chi connectivity index (χ0n) is 11.4. The van der Waals surface area contributed by atoms with Crippen molar-refractivity contribution in [2.45, 2.75) is 17.9 Å². The Morgan fingerprint density at radius 3 is 2.60 bits per heavy atom. The first-order chi connectivity index (χ1) is 9.31. The van der Waals surface area contributed by atoms with E-state index in [1.165, 1.54) is 14.2 Å². The number of methoxy groups -OCH3 is 2. The van der Waals surface area contributed by atoms with E-state index in [1.54, 1.807) is 6.92 Å². The number of carboxylic acid groups (broad SMARTS) is 1. The molecule has 0 saturated carbocycles. The van der Waals surface area contributed by atoms with E-state index in [2.05, 4.69) is 4.72 Å². The lowest BCUT2D eigenvalue weighted by molar-refractivity contribution is 0.0320. The van der Waals surface area contributed by atoms with Crippen molar-refractivity contribution in [1.82, 2.24) is 4.72 Å². The van der Waals surface area contributed by atoms with Crippen molar-refractivity contribution in [2.24, 2.45) is 0 Å². The third-order valence-electron chi connectivity index (χ3n) is 2.56. The summed E-state index contributed by atoms with van der Waals surface area (Å²) in [6.45, 7) is 1.86. The van der Waals surface area contributed by atoms with Gasteiger partial charge in [0.05, 0.1) is 17.6 Å². The maximum Gasteiger partial charge on any atom is 0.345 e. The summed E-state index contributed by atoms with van der Waals surface area (Å²) in [4.78, 5) is 11.2. The van der Waals surface area contributed by atoms with Crippen LogP contribution >= 0.6 is 11.3 Å². The Kier molecular flexibility index (Phi) is 6.08. The van der Waals surface area contributed by atoms with Crippen LogP contribution in [-0.4, -0.2) is 53.0 Å². The van der Waals surface area contributed by atoms with Crippen LogP contribution in [0.1, 0.15) is 14.5 Å². The van der Waals surface area contributed by atoms with E-state index < -0.39 is 22.1 Å². The maximum absolute atomic E-state index is 12.1. The van der Waals surface area contributed by atoms with E-state index >= 15 is 0 Å². The molecular weight excluding hydrogens is 306 g/mol. The standard InChI is InChI=1S/C11H17NO6S2/c1-7-10(4-9(19-7)11(13)14)20(15,16)12-5-8(18-3)6-17-2/h4,8,12H,5-6H2,1-3H3,(H,13,14). The first kappa shape index (κ1) is 17.1. The van der Waals surface area contributed by atoms with Gasteiger partial charge in [0.25, 0.3) is 0 Å². The molecule has 1 unspecified atom stereocenters. The minimum Gasteiger partial charge on any atom is -0.477 e. The van der Waals surface area contributed by atoms with E-state index in [4.69, 9.17) is 14.6 Å². The summed E-state index contributed by atoms with van der Waals surface area (Å²) in [7, 11) is -0.822. The van der Waals surface area contributed by atoms with Gasteiger partial charge in [-0.3, -0.25) is 0 Å². The highest BCUT2D eigenvalue weighted by Crippen LogP contribution is 2.25. The van der Waals surface area contributed by atoms with Gasteiger partial charge >= 0.3 is 5.97 Å². The summed E-state index contributed by atoms with van der Waals surface area (Å²) in [5.41, 5.74) is 0. The second-order valence-electron chi connectivity index (χ2n) is 4.00. The molecule has 20 heavy (non-hydrogen) atoms. The van der Waals surface area contributed by atoms with Crippen molar-refractivity contribution >= 4 is 27.3 Å². The number of carboxylic acids is 1. The fourth-order valence-corrected chi connectivity index (χ4v) is 4.01. The minimum absolute atomic E-state index is 0.0111. The van der Waals surface area contributed by atoms with Gasteiger partial charge in [-0.1, -0.05) is 0 Å². The average Bonchev–Trinajstić information content (AvgIpc) is 2.77. The van der Waals surface area contributed by atoms with Crippen LogP contribution in [0.3, 0.4) is 0 Å². The van der Waals surface area contributed by atoms with Crippen LogP contribution in [0.15, 0.2) is 11.0 Å². The summed E-state index contributed by atoms with van der Waals surface area (Å²) >= 11 is 0.925. The monoisotopic (exact) mass is 323 g/mol. The van der Waals surface area contributed by atoms with Crippen LogP contribution in [0.4, 0.5) is 0 Å². The highest BCUT2D eigenvalue weighted by Gasteiger charge is 2.23. The third kappa shape index (κ3) is 4.25. The third-order valence-corrected chi connectivity index (χ3v) is 5.28. The van der Waals surface area contributed by atoms with Crippen LogP contribution in [-0.2, 0) is 19.5 Å². The number of ether oxygens (including phenoxy) is 2. The summed E-state index contributed by atoms with van der Waals surface area (Å²) in [5.74, 6) is -1.14. The smallest absolute Gasteiger partial charge is 0.345 e. The predicted molar refractivity (Wildman–Crippen MR) is 73.9 cm³/mol. The van der Waals surface area contributed by atoms with Gasteiger partial charge in [0.1, 0.15) is 4.88 Å². The van der Waals surface area contributed by atoms with Gasteiger partial charge < -0.3 is 14.6 Å². The number of sulfonamides is 1. The van der Waals surface area contributed by atoms with E-state index in [0.29, 0.717) is 4.88 Å². The van der Waals surface area contributed by atoms with Crippen LogP contribution in [0.2, 0.25) is 0 Å². The Bertz CT molecular complexity index is 565. The fourth-order valence-electron chi connectivity index (χ4n) is 1.51. The Morgan fingerprint density at radius 1 is 1.50 bits per heavy atom. The van der Waals surface area contributed by atoms with Crippen LogP contribution in [0.25, 0.3) is 0 Å². The van der Waals surface area contributed by atoms with E-state index in [0.717, 1.165) is 17.4 Å². The summed E-state index contributed by atoms with van der Waals surface area (Å²) in [6.07, 6.45) is -0.410. The molecule has 0 amide bonds. The van der Waals surface area contributed by atoms with Gasteiger partial charge in [0.15, 0.2) is 0 Å². The quantitative estimate of drug-likeness (QED) is 0.730. The van der Waals surface area contributed by atoms with E-state index in [9.17, 15) is 13.2 Å². The number of aryl methyl sites for hydroxylation is 1. The molecule has 1 heterocycles. The predicted octanol–water partition coefficient (Wildman–Crippen LogP) is 0.694. The highest BCUT2D eigenvalue weighted by molar-refractivity contribution is 7.89. The van der Waals surface area contributed by atoms with Crippen LogP contribution < -0.4 is 4.72 Å². The zero-order valence-corrected chi connectivity index (χ0v) is 13.0. The lowest BCUT2D eigenvalue weighted by Crippen LogP contribution is -2.35. The molecule has 0 bridgehead atoms. The van der Waals surface area contributed by atoms with Gasteiger partial charge in [-0.2, -0.15) is 0 Å². The second-order valence-corrected chi connectivity index (χ2v) is 6.99. The molecule has 114 valence electrons. The number of aromatic carboxylic acids is 1. The average molecular weight is 323 g/mol. The minimum atomic E-state index is -3.77. The topological polar surface area (TPSA) is 102 Å². The van der Waals surface area contributed by atoms with Gasteiger partial charge in [-0.25, -0.2) is 17.9 Å². The number of hydrogen-bond donors (Lipinski definition) is 2. The summed E-state index contributed by atoms with van der Waals surface area (Å²) in [6, 6.07) is 1.16. The summed E-state index contributed by atoms with van der Waals surface area (Å²) < 4.78 is 36.6. The Morgan fingerprint density at radius 2 is 2.15 bits per heavy atom. The zero-order chi connectivity index (χ0) is 15.3. The van der Waals surface area contributed by atoms with Gasteiger partial charge in [-0.05, 0) is 13.0 Å². The Labute approximate surface area is 121 Å². The summed E-state index contributed by atoms with van der Waals surface area (Å²) in [5, 5.41) is 8.87. The molecule has 0 radical (unpaired) electrons. The van der Waals surface area contributed by atoms with Crippen molar-refractivity contribution < 1.29 is 27.8 Å².